The second kappa shape index (κ2) is 6.97. The molecule has 1 amide bonds. The van der Waals surface area contributed by atoms with Crippen LogP contribution in [0.5, 0.6) is 0 Å². The molecule has 2 N–H and O–H groups in total. The molecule has 4 atom stereocenters. The molecule has 0 radical (unpaired) electrons. The second-order valence-corrected chi connectivity index (χ2v) is 9.09. The Hall–Kier alpha value is -1.81. The van der Waals surface area contributed by atoms with E-state index in [1.165, 1.54) is 22.4 Å². The van der Waals surface area contributed by atoms with E-state index in [0.717, 1.165) is 19.5 Å². The van der Waals surface area contributed by atoms with Crippen LogP contribution >= 0.6 is 0 Å². The molecule has 0 saturated heterocycles. The van der Waals surface area contributed by atoms with Crippen molar-refractivity contribution in [3.63, 3.8) is 0 Å². The van der Waals surface area contributed by atoms with Crippen molar-refractivity contribution in [2.75, 3.05) is 18.4 Å². The van der Waals surface area contributed by atoms with Crippen molar-refractivity contribution < 1.29 is 4.79 Å². The van der Waals surface area contributed by atoms with Crippen molar-refractivity contribution >= 4 is 17.2 Å². The minimum Gasteiger partial charge on any atom is -0.384 e. The van der Waals surface area contributed by atoms with Crippen LogP contribution < -0.4 is 10.6 Å². The number of carbonyl (C=O) groups is 1. The van der Waals surface area contributed by atoms with Gasteiger partial charge < -0.3 is 15.5 Å². The van der Waals surface area contributed by atoms with Crippen LogP contribution in [-0.4, -0.2) is 42.0 Å². The summed E-state index contributed by atoms with van der Waals surface area (Å²) < 4.78 is 0. The molecule has 1 aliphatic carbocycles. The molecule has 146 valence electrons. The van der Waals surface area contributed by atoms with Crippen LogP contribution in [0.25, 0.3) is 5.57 Å². The number of nitrogens with one attached hydrogen (secondary N) is 2. The van der Waals surface area contributed by atoms with E-state index in [9.17, 15) is 4.79 Å². The van der Waals surface area contributed by atoms with Crippen LogP contribution in [0.4, 0.5) is 5.69 Å². The van der Waals surface area contributed by atoms with E-state index in [0.29, 0.717) is 17.9 Å². The van der Waals surface area contributed by atoms with Gasteiger partial charge in [-0.1, -0.05) is 32.1 Å². The number of hydrogen-bond donors (Lipinski definition) is 2. The summed E-state index contributed by atoms with van der Waals surface area (Å²) in [4.78, 5) is 15.5. The predicted octanol–water partition coefficient (Wildman–Crippen LogP) is 3.85. The first-order valence-corrected chi connectivity index (χ1v) is 10.5. The van der Waals surface area contributed by atoms with Crippen molar-refractivity contribution in [1.82, 2.24) is 10.2 Å². The van der Waals surface area contributed by atoms with Gasteiger partial charge in [0.25, 0.3) is 0 Å². The maximum atomic E-state index is 13.4. The highest BCUT2D eigenvalue weighted by Gasteiger charge is 2.39. The van der Waals surface area contributed by atoms with Gasteiger partial charge in [0.15, 0.2) is 0 Å². The van der Waals surface area contributed by atoms with Crippen molar-refractivity contribution in [2.45, 2.75) is 65.1 Å². The average Bonchev–Trinajstić information content (AvgIpc) is 3.05. The standard InChI is InChI=1S/C23H33N3O/c1-13(2)15(5)26(14(3)4)23(27)17-9-19-18-7-6-8-20-22(18)16(11-24-20)10-21(19)25-12-17/h6-9,13-17,21,24-25H,10-12H2,1-5H3/t15?,16?,17-,21-/m1/s1. The Balaban J connectivity index is 1.67. The zero-order chi connectivity index (χ0) is 19.3. The highest BCUT2D eigenvalue weighted by atomic mass is 16.2. The van der Waals surface area contributed by atoms with E-state index in [1.54, 1.807) is 0 Å². The van der Waals surface area contributed by atoms with Gasteiger partial charge in [0, 0.05) is 42.8 Å². The number of benzene rings is 1. The first-order chi connectivity index (χ1) is 12.9. The number of amides is 1. The molecule has 4 rings (SSSR count). The lowest BCUT2D eigenvalue weighted by molar-refractivity contribution is -0.139. The third-order valence-corrected chi connectivity index (χ3v) is 6.76. The minimum atomic E-state index is -0.0818. The Labute approximate surface area is 163 Å². The molecule has 1 aromatic carbocycles. The smallest absolute Gasteiger partial charge is 0.231 e. The van der Waals surface area contributed by atoms with Gasteiger partial charge in [-0.25, -0.2) is 0 Å². The topological polar surface area (TPSA) is 44.4 Å². The highest BCUT2D eigenvalue weighted by molar-refractivity contribution is 5.88. The summed E-state index contributed by atoms with van der Waals surface area (Å²) >= 11 is 0. The molecule has 0 fully saturated rings. The van der Waals surface area contributed by atoms with E-state index < -0.39 is 0 Å². The van der Waals surface area contributed by atoms with Crippen LogP contribution in [0, 0.1) is 11.8 Å². The lowest BCUT2D eigenvalue weighted by Crippen LogP contribution is -2.52. The lowest BCUT2D eigenvalue weighted by atomic mass is 9.75. The van der Waals surface area contributed by atoms with Crippen LogP contribution in [0.2, 0.25) is 0 Å². The largest absolute Gasteiger partial charge is 0.384 e. The van der Waals surface area contributed by atoms with E-state index in [-0.39, 0.29) is 23.9 Å². The summed E-state index contributed by atoms with van der Waals surface area (Å²) in [6.07, 6.45) is 3.40. The van der Waals surface area contributed by atoms with Crippen LogP contribution in [-0.2, 0) is 4.79 Å². The fourth-order valence-electron chi connectivity index (χ4n) is 5.09. The van der Waals surface area contributed by atoms with Crippen molar-refractivity contribution in [2.24, 2.45) is 11.8 Å². The van der Waals surface area contributed by atoms with E-state index >= 15 is 0 Å². The predicted molar refractivity (Wildman–Crippen MR) is 112 cm³/mol. The summed E-state index contributed by atoms with van der Waals surface area (Å²) in [7, 11) is 0. The van der Waals surface area contributed by atoms with Crippen LogP contribution in [0.3, 0.4) is 0 Å². The summed E-state index contributed by atoms with van der Waals surface area (Å²) in [5.41, 5.74) is 5.42. The highest BCUT2D eigenvalue weighted by Crippen LogP contribution is 2.46. The molecule has 2 aliphatic heterocycles. The molecule has 0 aromatic heterocycles. The molecule has 3 aliphatic rings. The third-order valence-electron chi connectivity index (χ3n) is 6.76. The number of nitrogens with zero attached hydrogens (tertiary/aromatic N) is 1. The van der Waals surface area contributed by atoms with E-state index in [1.807, 2.05) is 0 Å². The van der Waals surface area contributed by atoms with Gasteiger partial charge in [0.2, 0.25) is 5.91 Å². The molecular formula is C23H33N3O. The van der Waals surface area contributed by atoms with Crippen LogP contribution in [0.1, 0.15) is 58.1 Å². The van der Waals surface area contributed by atoms with Gasteiger partial charge in [0.05, 0.1) is 5.92 Å². The van der Waals surface area contributed by atoms with E-state index in [2.05, 4.69) is 74.4 Å². The number of rotatable bonds is 4. The van der Waals surface area contributed by atoms with E-state index in [4.69, 9.17) is 0 Å². The summed E-state index contributed by atoms with van der Waals surface area (Å²) in [6.45, 7) is 12.6. The summed E-state index contributed by atoms with van der Waals surface area (Å²) in [5, 5.41) is 7.25. The Morgan fingerprint density at radius 2 is 1.93 bits per heavy atom. The minimum absolute atomic E-state index is 0.0818. The molecule has 1 aromatic rings. The zero-order valence-corrected chi connectivity index (χ0v) is 17.3. The summed E-state index contributed by atoms with van der Waals surface area (Å²) in [5.74, 6) is 1.22. The number of hydrogen-bond acceptors (Lipinski definition) is 3. The van der Waals surface area contributed by atoms with Gasteiger partial charge in [-0.05, 0) is 55.9 Å². The molecule has 4 nitrogen and oxygen atoms in total. The number of anilines is 1. The lowest BCUT2D eigenvalue weighted by Gasteiger charge is -2.41. The van der Waals surface area contributed by atoms with Crippen molar-refractivity contribution in [1.29, 1.82) is 0 Å². The fourth-order valence-corrected chi connectivity index (χ4v) is 5.09. The third kappa shape index (κ3) is 3.08. The Morgan fingerprint density at radius 3 is 2.63 bits per heavy atom. The normalized spacial score (nSPS) is 26.9. The summed E-state index contributed by atoms with van der Waals surface area (Å²) in [6, 6.07) is 7.39. The zero-order valence-electron chi connectivity index (χ0n) is 17.3. The Morgan fingerprint density at radius 1 is 1.15 bits per heavy atom. The van der Waals surface area contributed by atoms with Gasteiger partial charge in [-0.3, -0.25) is 4.79 Å². The quantitative estimate of drug-likeness (QED) is 0.849. The first-order valence-electron chi connectivity index (χ1n) is 10.5. The molecule has 2 heterocycles. The monoisotopic (exact) mass is 367 g/mol. The maximum Gasteiger partial charge on any atom is 0.231 e. The van der Waals surface area contributed by atoms with Gasteiger partial charge in [0.1, 0.15) is 0 Å². The van der Waals surface area contributed by atoms with Crippen molar-refractivity contribution in [3.05, 3.63) is 35.4 Å². The molecule has 0 bridgehead atoms. The van der Waals surface area contributed by atoms with Gasteiger partial charge >= 0.3 is 0 Å². The maximum absolute atomic E-state index is 13.4. The van der Waals surface area contributed by atoms with Crippen molar-refractivity contribution in [3.8, 4) is 0 Å². The Kier molecular flexibility index (Phi) is 4.79. The molecule has 4 heteroatoms. The van der Waals surface area contributed by atoms with Crippen LogP contribution in [0.15, 0.2) is 24.3 Å². The average molecular weight is 368 g/mol. The molecule has 2 unspecified atom stereocenters. The molecular weight excluding hydrogens is 334 g/mol. The first kappa shape index (κ1) is 18.5. The molecule has 27 heavy (non-hydrogen) atoms. The SMILES string of the molecule is CC(C)C(C)N(C(=O)[C@@H]1C=C2c3cccc4c3C(CN4)C[C@H]2NC1)C(C)C. The molecule has 0 spiro atoms. The fraction of sp³-hybridized carbons (Fsp3) is 0.609. The Bertz CT molecular complexity index is 767. The van der Waals surface area contributed by atoms with Gasteiger partial charge in [-0.15, -0.1) is 0 Å². The number of fused-ring (bicyclic) bond motifs is 2. The van der Waals surface area contributed by atoms with Gasteiger partial charge in [-0.2, -0.15) is 0 Å². The number of carbonyl (C=O) groups excluding carboxylic acids is 1. The molecule has 0 saturated carbocycles. The second-order valence-electron chi connectivity index (χ2n) is 9.09.